The molecule has 0 fully saturated rings. The molecule has 1 aromatic rings. The normalized spacial score (nSPS) is 9.22. The quantitative estimate of drug-likeness (QED) is 0.666. The van der Waals surface area contributed by atoms with E-state index in [-0.39, 0.29) is 16.6 Å². The van der Waals surface area contributed by atoms with E-state index in [0.29, 0.717) is 23.2 Å². The standard InChI is InChI=1S/C13H12O4S/c1-9(15)18-5-3-4-11-6-10(8-14)7-12(17-2)13(11)16/h6-8,16H,5H2,1-2H3. The molecule has 0 spiro atoms. The van der Waals surface area contributed by atoms with Crippen molar-refractivity contribution in [1.29, 1.82) is 0 Å². The van der Waals surface area contributed by atoms with Crippen LogP contribution in [-0.2, 0) is 4.79 Å². The third-order valence-electron chi connectivity index (χ3n) is 2.02. The predicted molar refractivity (Wildman–Crippen MR) is 70.1 cm³/mol. The number of benzene rings is 1. The maximum absolute atomic E-state index is 10.7. The highest BCUT2D eigenvalue weighted by Crippen LogP contribution is 2.30. The number of hydrogen-bond donors (Lipinski definition) is 1. The average molecular weight is 264 g/mol. The van der Waals surface area contributed by atoms with Crippen molar-refractivity contribution in [2.75, 3.05) is 12.9 Å². The molecular weight excluding hydrogens is 252 g/mol. The van der Waals surface area contributed by atoms with Gasteiger partial charge in [0.05, 0.1) is 18.4 Å². The van der Waals surface area contributed by atoms with Gasteiger partial charge in [-0.05, 0) is 12.1 Å². The second kappa shape index (κ2) is 6.72. The molecule has 0 aliphatic rings. The lowest BCUT2D eigenvalue weighted by atomic mass is 10.1. The predicted octanol–water partition coefficient (Wildman–Crippen LogP) is 1.84. The first-order valence-electron chi connectivity index (χ1n) is 5.07. The van der Waals surface area contributed by atoms with E-state index in [2.05, 4.69) is 11.8 Å². The number of thioether (sulfide) groups is 1. The van der Waals surface area contributed by atoms with Crippen molar-refractivity contribution >= 4 is 23.2 Å². The van der Waals surface area contributed by atoms with Crippen molar-refractivity contribution in [2.45, 2.75) is 6.92 Å². The second-order valence-corrected chi connectivity index (χ2v) is 4.47. The van der Waals surface area contributed by atoms with E-state index in [1.165, 1.54) is 26.2 Å². The number of carbonyl (C=O) groups excluding carboxylic acids is 2. The van der Waals surface area contributed by atoms with Gasteiger partial charge in [-0.15, -0.1) is 0 Å². The second-order valence-electron chi connectivity index (χ2n) is 3.32. The summed E-state index contributed by atoms with van der Waals surface area (Å²) in [6, 6.07) is 2.90. The Bertz CT molecular complexity index is 526. The molecule has 18 heavy (non-hydrogen) atoms. The number of phenolic OH excluding ortho intramolecular Hbond substituents is 1. The molecule has 0 saturated carbocycles. The van der Waals surface area contributed by atoms with Crippen LogP contribution in [0.15, 0.2) is 12.1 Å². The highest BCUT2D eigenvalue weighted by atomic mass is 32.2. The molecule has 0 saturated heterocycles. The first-order valence-corrected chi connectivity index (χ1v) is 6.05. The minimum Gasteiger partial charge on any atom is -0.503 e. The number of phenols is 1. The van der Waals surface area contributed by atoms with Gasteiger partial charge in [-0.2, -0.15) is 0 Å². The Kier molecular flexibility index (Phi) is 5.28. The summed E-state index contributed by atoms with van der Waals surface area (Å²) in [4.78, 5) is 21.4. The van der Waals surface area contributed by atoms with E-state index >= 15 is 0 Å². The number of hydrogen-bond acceptors (Lipinski definition) is 5. The van der Waals surface area contributed by atoms with Crippen LogP contribution in [0.4, 0.5) is 0 Å². The van der Waals surface area contributed by atoms with Gasteiger partial charge in [0, 0.05) is 12.5 Å². The van der Waals surface area contributed by atoms with Crippen molar-refractivity contribution in [1.82, 2.24) is 0 Å². The molecule has 0 bridgehead atoms. The number of aldehydes is 1. The minimum absolute atomic E-state index is 0.0206. The fourth-order valence-corrected chi connectivity index (χ4v) is 1.56. The Labute approximate surface area is 109 Å². The Morgan fingerprint density at radius 2 is 2.28 bits per heavy atom. The summed E-state index contributed by atoms with van der Waals surface area (Å²) >= 11 is 1.08. The molecule has 1 rings (SSSR count). The van der Waals surface area contributed by atoms with Crippen LogP contribution in [0.25, 0.3) is 0 Å². The third-order valence-corrected chi connectivity index (χ3v) is 2.72. The Morgan fingerprint density at radius 1 is 1.56 bits per heavy atom. The molecule has 0 heterocycles. The van der Waals surface area contributed by atoms with Gasteiger partial charge in [0.25, 0.3) is 0 Å². The summed E-state index contributed by atoms with van der Waals surface area (Å²) in [5, 5.41) is 9.78. The van der Waals surface area contributed by atoms with Crippen molar-refractivity contribution in [3.8, 4) is 23.3 Å². The van der Waals surface area contributed by atoms with Crippen LogP contribution < -0.4 is 4.74 Å². The molecule has 0 amide bonds. The van der Waals surface area contributed by atoms with E-state index in [1.807, 2.05) is 0 Å². The van der Waals surface area contributed by atoms with Crippen LogP contribution in [0, 0.1) is 11.8 Å². The Morgan fingerprint density at radius 3 is 2.83 bits per heavy atom. The van der Waals surface area contributed by atoms with Gasteiger partial charge in [-0.3, -0.25) is 9.59 Å². The summed E-state index contributed by atoms with van der Waals surface area (Å²) < 4.78 is 4.94. The molecule has 4 nitrogen and oxygen atoms in total. The molecule has 1 N–H and O–H groups in total. The monoisotopic (exact) mass is 264 g/mol. The lowest BCUT2D eigenvalue weighted by Crippen LogP contribution is -1.90. The molecule has 0 aromatic heterocycles. The highest BCUT2D eigenvalue weighted by Gasteiger charge is 2.08. The van der Waals surface area contributed by atoms with Gasteiger partial charge in [-0.25, -0.2) is 0 Å². The maximum atomic E-state index is 10.7. The van der Waals surface area contributed by atoms with Crippen LogP contribution >= 0.6 is 11.8 Å². The molecule has 1 aromatic carbocycles. The zero-order chi connectivity index (χ0) is 13.5. The average Bonchev–Trinajstić information content (AvgIpc) is 2.36. The van der Waals surface area contributed by atoms with E-state index in [0.717, 1.165) is 11.8 Å². The summed E-state index contributed by atoms with van der Waals surface area (Å²) in [6.45, 7) is 1.46. The van der Waals surface area contributed by atoms with Crippen molar-refractivity contribution in [2.24, 2.45) is 0 Å². The summed E-state index contributed by atoms with van der Waals surface area (Å²) in [5.41, 5.74) is 0.675. The zero-order valence-electron chi connectivity index (χ0n) is 10.0. The topological polar surface area (TPSA) is 63.6 Å². The van der Waals surface area contributed by atoms with E-state index in [9.17, 15) is 14.7 Å². The number of carbonyl (C=O) groups is 2. The molecule has 5 heteroatoms. The van der Waals surface area contributed by atoms with Crippen LogP contribution in [0.5, 0.6) is 11.5 Å². The number of ether oxygens (including phenoxy) is 1. The maximum Gasteiger partial charge on any atom is 0.186 e. The SMILES string of the molecule is COc1cc(C=O)cc(C#CCSC(C)=O)c1O. The summed E-state index contributed by atoms with van der Waals surface area (Å²) in [7, 11) is 1.40. The van der Waals surface area contributed by atoms with Crippen molar-refractivity contribution in [3.05, 3.63) is 23.3 Å². The van der Waals surface area contributed by atoms with Gasteiger partial charge >= 0.3 is 0 Å². The number of aromatic hydroxyl groups is 1. The molecule has 0 radical (unpaired) electrons. The fraction of sp³-hybridized carbons (Fsp3) is 0.231. The largest absolute Gasteiger partial charge is 0.503 e. The zero-order valence-corrected chi connectivity index (χ0v) is 10.8. The Balaban J connectivity index is 3.00. The van der Waals surface area contributed by atoms with Crippen LogP contribution in [0.3, 0.4) is 0 Å². The molecule has 94 valence electrons. The molecule has 0 aliphatic heterocycles. The van der Waals surface area contributed by atoms with Gasteiger partial charge in [-0.1, -0.05) is 23.6 Å². The number of rotatable bonds is 3. The van der Waals surface area contributed by atoms with Crippen molar-refractivity contribution < 1.29 is 19.4 Å². The molecular formula is C13H12O4S. The van der Waals surface area contributed by atoms with E-state index < -0.39 is 0 Å². The van der Waals surface area contributed by atoms with Crippen LogP contribution in [0.1, 0.15) is 22.8 Å². The van der Waals surface area contributed by atoms with Crippen LogP contribution in [-0.4, -0.2) is 29.4 Å². The van der Waals surface area contributed by atoms with Gasteiger partial charge in [0.1, 0.15) is 6.29 Å². The molecule has 0 unspecified atom stereocenters. The van der Waals surface area contributed by atoms with Gasteiger partial charge in [0.15, 0.2) is 16.6 Å². The fourth-order valence-electron chi connectivity index (χ4n) is 1.22. The first-order chi connectivity index (χ1) is 8.58. The van der Waals surface area contributed by atoms with Gasteiger partial charge in [0.2, 0.25) is 0 Å². The van der Waals surface area contributed by atoms with Crippen molar-refractivity contribution in [3.63, 3.8) is 0 Å². The summed E-state index contributed by atoms with van der Waals surface area (Å²) in [5.74, 6) is 5.87. The summed E-state index contributed by atoms with van der Waals surface area (Å²) in [6.07, 6.45) is 0.650. The molecule has 0 atom stereocenters. The number of methoxy groups -OCH3 is 1. The third kappa shape index (κ3) is 3.82. The lowest BCUT2D eigenvalue weighted by Gasteiger charge is -2.05. The minimum atomic E-state index is -0.108. The highest BCUT2D eigenvalue weighted by molar-refractivity contribution is 8.13. The Hall–Kier alpha value is -1.93. The smallest absolute Gasteiger partial charge is 0.186 e. The van der Waals surface area contributed by atoms with E-state index in [4.69, 9.17) is 4.74 Å². The van der Waals surface area contributed by atoms with Gasteiger partial charge < -0.3 is 9.84 Å². The first kappa shape index (κ1) is 14.1. The van der Waals surface area contributed by atoms with E-state index in [1.54, 1.807) is 0 Å². The lowest BCUT2D eigenvalue weighted by molar-refractivity contribution is -0.109. The van der Waals surface area contributed by atoms with Crippen LogP contribution in [0.2, 0.25) is 0 Å². The molecule has 0 aliphatic carbocycles.